The van der Waals surface area contributed by atoms with Crippen molar-refractivity contribution in [2.24, 2.45) is 0 Å². The molecule has 2 saturated heterocycles. The van der Waals surface area contributed by atoms with Gasteiger partial charge in [-0.1, -0.05) is 0 Å². The molecule has 0 saturated carbocycles. The highest BCUT2D eigenvalue weighted by Crippen LogP contribution is 2.31. The van der Waals surface area contributed by atoms with Crippen LogP contribution < -0.4 is 21.3 Å². The third-order valence-corrected chi connectivity index (χ3v) is 7.50. The fourth-order valence-electron chi connectivity index (χ4n) is 5.04. The lowest BCUT2D eigenvalue weighted by Crippen LogP contribution is -2.70. The van der Waals surface area contributed by atoms with E-state index in [0.717, 1.165) is 13.8 Å². The molecule has 1 unspecified atom stereocenters. The second-order valence-corrected chi connectivity index (χ2v) is 11.3. The summed E-state index contributed by atoms with van der Waals surface area (Å²) in [5.74, 6) is -6.08. The minimum Gasteiger partial charge on any atom is -0.481 e. The van der Waals surface area contributed by atoms with Crippen molar-refractivity contribution >= 4 is 35.6 Å². The molecule has 0 aromatic heterocycles. The Morgan fingerprint density at radius 3 is 1.88 bits per heavy atom. The number of aliphatic hydroxyl groups excluding tert-OH is 5. The number of aliphatic hydroxyl groups is 5. The van der Waals surface area contributed by atoms with Gasteiger partial charge < -0.3 is 76.0 Å². The van der Waals surface area contributed by atoms with E-state index in [2.05, 4.69) is 21.3 Å². The molecule has 0 bridgehead atoms. The molecule has 4 amide bonds. The molecule has 0 aliphatic carbocycles. The van der Waals surface area contributed by atoms with Crippen LogP contribution in [0.25, 0.3) is 0 Å². The summed E-state index contributed by atoms with van der Waals surface area (Å²) in [4.78, 5) is 72.0. The number of aliphatic carboxylic acids is 2. The Hall–Kier alpha value is -3.54. The standard InChI is InChI=1S/C27H44N4O17/c1-9(23(40)31-13(25(42)43)5-6-16(36)37)28-24(41)10(2)45-22-18(30-12(4)35)26(44)46-15(8-33)21(22)48-27-17(29-11(3)34)20(39)19(38)14(7-32)47-27/h9-10,13-15,17-22,26-27,32-33,38-39,44H,5-8H2,1-4H3,(H,28,41)(H,29,34)(H,30,35)(H,31,40)(H,36,37)(H,42,43)/t9-,10?,13+,14+,15+,17+,18+,19+,20+,21+,22+,26+,27-/m0/s1. The molecule has 48 heavy (non-hydrogen) atoms. The lowest BCUT2D eigenvalue weighted by Gasteiger charge is -2.48. The number of rotatable bonds is 16. The fraction of sp³-hybridized carbons (Fsp3) is 0.778. The van der Waals surface area contributed by atoms with Crippen LogP contribution in [0, 0.1) is 0 Å². The van der Waals surface area contributed by atoms with Crippen LogP contribution in [0.4, 0.5) is 0 Å². The van der Waals surface area contributed by atoms with Crippen molar-refractivity contribution in [1.82, 2.24) is 21.3 Å². The number of hydrogen-bond donors (Lipinski definition) is 11. The number of carbonyl (C=O) groups excluding carboxylic acids is 4. The smallest absolute Gasteiger partial charge is 0.326 e. The summed E-state index contributed by atoms with van der Waals surface area (Å²) in [6.07, 6.45) is -15.4. The molecule has 2 fully saturated rings. The number of nitrogens with one attached hydrogen (secondary N) is 4. The van der Waals surface area contributed by atoms with Gasteiger partial charge in [-0.2, -0.15) is 0 Å². The molecule has 21 heteroatoms. The largest absolute Gasteiger partial charge is 0.481 e. The number of ether oxygens (including phenoxy) is 4. The van der Waals surface area contributed by atoms with E-state index in [1.165, 1.54) is 13.8 Å². The summed E-state index contributed by atoms with van der Waals surface area (Å²) in [6.45, 7) is 2.98. The van der Waals surface area contributed by atoms with Crippen molar-refractivity contribution in [3.05, 3.63) is 0 Å². The molecule has 2 rings (SSSR count). The molecular weight excluding hydrogens is 652 g/mol. The SMILES string of the molecule is CC(=O)N[C@@H]1[C@@H](OC(C)C(=O)N[C@@H](C)C(=O)N[C@H](CCC(=O)O)C(=O)O)[C@H](O[C@@H]2O[C@H](CO)[C@@H](O)[C@H](O)[C@H]2NC(C)=O)[C@@H](CO)O[C@H]1O. The first-order chi connectivity index (χ1) is 22.4. The number of carboxylic acid groups (broad SMARTS) is 2. The van der Waals surface area contributed by atoms with Crippen molar-refractivity contribution < 1.29 is 83.5 Å². The molecule has 0 radical (unpaired) electrons. The van der Waals surface area contributed by atoms with Crippen LogP contribution in [0.2, 0.25) is 0 Å². The van der Waals surface area contributed by atoms with E-state index in [0.29, 0.717) is 0 Å². The van der Waals surface area contributed by atoms with Crippen LogP contribution in [-0.2, 0) is 47.7 Å². The van der Waals surface area contributed by atoms with Crippen LogP contribution >= 0.6 is 0 Å². The molecule has 0 spiro atoms. The van der Waals surface area contributed by atoms with E-state index in [-0.39, 0.29) is 0 Å². The van der Waals surface area contributed by atoms with Gasteiger partial charge in [-0.05, 0) is 20.3 Å². The Morgan fingerprint density at radius 2 is 1.35 bits per heavy atom. The molecule has 13 atom stereocenters. The van der Waals surface area contributed by atoms with Crippen molar-refractivity contribution in [2.45, 2.75) is 120 Å². The van der Waals surface area contributed by atoms with Crippen molar-refractivity contribution in [3.63, 3.8) is 0 Å². The summed E-state index contributed by atoms with van der Waals surface area (Å²) < 4.78 is 22.9. The van der Waals surface area contributed by atoms with Crippen molar-refractivity contribution in [2.75, 3.05) is 13.2 Å². The average molecular weight is 697 g/mol. The van der Waals surface area contributed by atoms with Crippen LogP contribution in [0.3, 0.4) is 0 Å². The maximum Gasteiger partial charge on any atom is 0.326 e. The Balaban J connectivity index is 2.34. The average Bonchev–Trinajstić information content (AvgIpc) is 3.00. The molecule has 2 aliphatic heterocycles. The molecule has 11 N–H and O–H groups in total. The van der Waals surface area contributed by atoms with Crippen LogP contribution in [0.1, 0.15) is 40.5 Å². The molecule has 21 nitrogen and oxygen atoms in total. The highest BCUT2D eigenvalue weighted by atomic mass is 16.7. The molecule has 2 heterocycles. The quantitative estimate of drug-likeness (QED) is 0.0716. The van der Waals surface area contributed by atoms with Gasteiger partial charge in [0, 0.05) is 20.3 Å². The maximum absolute atomic E-state index is 13.1. The summed E-state index contributed by atoms with van der Waals surface area (Å²) in [7, 11) is 0. The minimum atomic E-state index is -1.84. The number of amides is 4. The van der Waals surface area contributed by atoms with Crippen LogP contribution in [0.5, 0.6) is 0 Å². The highest BCUT2D eigenvalue weighted by Gasteiger charge is 2.52. The van der Waals surface area contributed by atoms with Gasteiger partial charge in [-0.25, -0.2) is 4.79 Å². The Bertz CT molecular complexity index is 1160. The van der Waals surface area contributed by atoms with E-state index in [4.69, 9.17) is 24.1 Å². The zero-order valence-corrected chi connectivity index (χ0v) is 26.5. The molecular formula is C27H44N4O17. The highest BCUT2D eigenvalue weighted by molar-refractivity contribution is 5.91. The van der Waals surface area contributed by atoms with Crippen LogP contribution in [-0.4, -0.2) is 164 Å². The van der Waals surface area contributed by atoms with Gasteiger partial charge in [-0.3, -0.25) is 24.0 Å². The van der Waals surface area contributed by atoms with E-state index in [9.17, 15) is 59.4 Å². The summed E-state index contributed by atoms with van der Waals surface area (Å²) >= 11 is 0. The second kappa shape index (κ2) is 18.3. The van der Waals surface area contributed by atoms with Gasteiger partial charge in [0.05, 0.1) is 13.2 Å². The topological polar surface area (TPSA) is 329 Å². The third-order valence-electron chi connectivity index (χ3n) is 7.50. The fourth-order valence-corrected chi connectivity index (χ4v) is 5.04. The van der Waals surface area contributed by atoms with Crippen molar-refractivity contribution in [3.8, 4) is 0 Å². The third kappa shape index (κ3) is 11.0. The number of hydrogen-bond acceptors (Lipinski definition) is 15. The Labute approximate surface area is 273 Å². The number of carbonyl (C=O) groups is 6. The maximum atomic E-state index is 13.1. The Kier molecular flexibility index (Phi) is 15.5. The summed E-state index contributed by atoms with van der Waals surface area (Å²) in [5.41, 5.74) is 0. The normalized spacial score (nSPS) is 32.2. The van der Waals surface area contributed by atoms with Crippen molar-refractivity contribution in [1.29, 1.82) is 0 Å². The van der Waals surface area contributed by atoms with E-state index in [1.54, 1.807) is 0 Å². The predicted octanol–water partition coefficient (Wildman–Crippen LogP) is -5.76. The Morgan fingerprint density at radius 1 is 0.771 bits per heavy atom. The van der Waals surface area contributed by atoms with Gasteiger partial charge in [0.15, 0.2) is 12.6 Å². The first kappa shape index (κ1) is 40.6. The summed E-state index contributed by atoms with van der Waals surface area (Å²) in [5, 5.41) is 78.8. The van der Waals surface area contributed by atoms with Crippen LogP contribution in [0.15, 0.2) is 0 Å². The molecule has 2 aliphatic rings. The van der Waals surface area contributed by atoms with E-state index >= 15 is 0 Å². The minimum absolute atomic E-state index is 0.427. The summed E-state index contributed by atoms with van der Waals surface area (Å²) in [6, 6.07) is -5.87. The molecule has 0 aromatic carbocycles. The van der Waals surface area contributed by atoms with Gasteiger partial charge in [0.25, 0.3) is 0 Å². The van der Waals surface area contributed by atoms with E-state index < -0.39 is 141 Å². The monoisotopic (exact) mass is 696 g/mol. The van der Waals surface area contributed by atoms with Gasteiger partial charge in [0.2, 0.25) is 23.6 Å². The zero-order chi connectivity index (χ0) is 36.5. The number of carboxylic acids is 2. The van der Waals surface area contributed by atoms with Gasteiger partial charge in [-0.15, -0.1) is 0 Å². The first-order valence-corrected chi connectivity index (χ1v) is 14.9. The first-order valence-electron chi connectivity index (χ1n) is 14.9. The lowest BCUT2D eigenvalue weighted by molar-refractivity contribution is -0.333. The van der Waals surface area contributed by atoms with Gasteiger partial charge >= 0.3 is 11.9 Å². The zero-order valence-electron chi connectivity index (χ0n) is 26.5. The predicted molar refractivity (Wildman–Crippen MR) is 154 cm³/mol. The van der Waals surface area contributed by atoms with Gasteiger partial charge in [0.1, 0.15) is 66.9 Å². The molecule has 274 valence electrons. The lowest BCUT2D eigenvalue weighted by atomic mass is 9.94. The second-order valence-electron chi connectivity index (χ2n) is 11.3. The van der Waals surface area contributed by atoms with E-state index in [1.807, 2.05) is 0 Å². The molecule has 0 aromatic rings.